The third kappa shape index (κ3) is 2.94. The van der Waals surface area contributed by atoms with Crippen LogP contribution in [0.4, 0.5) is 0 Å². The van der Waals surface area contributed by atoms with E-state index in [9.17, 15) is 9.59 Å². The minimum Gasteiger partial charge on any atom is -0.342 e. The first kappa shape index (κ1) is 14.0. The fourth-order valence-electron chi connectivity index (χ4n) is 2.14. The van der Waals surface area contributed by atoms with E-state index in [4.69, 9.17) is 0 Å². The number of hydrogen-bond donors (Lipinski definition) is 1. The molecule has 104 valence electrons. The second kappa shape index (κ2) is 5.28. The van der Waals surface area contributed by atoms with Gasteiger partial charge in [-0.3, -0.25) is 9.59 Å². The molecular formula is C13H19N3O2S. The van der Waals surface area contributed by atoms with E-state index in [0.29, 0.717) is 25.9 Å². The van der Waals surface area contributed by atoms with Gasteiger partial charge in [-0.15, -0.1) is 11.3 Å². The van der Waals surface area contributed by atoms with Crippen LogP contribution >= 0.6 is 11.3 Å². The summed E-state index contributed by atoms with van der Waals surface area (Å²) in [4.78, 5) is 31.4. The second-order valence-electron chi connectivity index (χ2n) is 5.08. The van der Waals surface area contributed by atoms with Crippen molar-refractivity contribution in [2.45, 2.75) is 45.7 Å². The lowest BCUT2D eigenvalue weighted by Crippen LogP contribution is -2.54. The Morgan fingerprint density at radius 3 is 2.84 bits per heavy atom. The smallest absolute Gasteiger partial charge is 0.248 e. The number of aromatic nitrogens is 1. The topological polar surface area (TPSA) is 62.3 Å². The third-order valence-corrected chi connectivity index (χ3v) is 4.38. The van der Waals surface area contributed by atoms with Crippen molar-refractivity contribution in [3.8, 4) is 0 Å². The van der Waals surface area contributed by atoms with Gasteiger partial charge < -0.3 is 10.2 Å². The van der Waals surface area contributed by atoms with E-state index in [0.717, 1.165) is 9.88 Å². The lowest BCUT2D eigenvalue weighted by Gasteiger charge is -2.30. The van der Waals surface area contributed by atoms with E-state index in [-0.39, 0.29) is 11.8 Å². The first-order valence-corrected chi connectivity index (χ1v) is 7.28. The zero-order valence-corrected chi connectivity index (χ0v) is 12.3. The molecule has 2 heterocycles. The van der Waals surface area contributed by atoms with E-state index in [1.807, 2.05) is 20.0 Å². The van der Waals surface area contributed by atoms with E-state index < -0.39 is 5.54 Å². The van der Waals surface area contributed by atoms with Gasteiger partial charge in [-0.1, -0.05) is 6.92 Å². The van der Waals surface area contributed by atoms with Crippen LogP contribution in [-0.2, 0) is 16.1 Å². The quantitative estimate of drug-likeness (QED) is 0.912. The van der Waals surface area contributed by atoms with Crippen molar-refractivity contribution in [2.75, 3.05) is 6.54 Å². The maximum atomic E-state index is 12.5. The fourth-order valence-corrected chi connectivity index (χ4v) is 2.94. The molecule has 2 amide bonds. The molecule has 0 saturated carbocycles. The van der Waals surface area contributed by atoms with Gasteiger partial charge in [-0.25, -0.2) is 4.98 Å². The lowest BCUT2D eigenvalue weighted by molar-refractivity contribution is -0.138. The molecule has 1 N–H and O–H groups in total. The Kier molecular flexibility index (Phi) is 3.89. The van der Waals surface area contributed by atoms with Gasteiger partial charge >= 0.3 is 0 Å². The highest BCUT2D eigenvalue weighted by molar-refractivity contribution is 7.11. The Bertz CT molecular complexity index is 500. The zero-order chi connectivity index (χ0) is 14.0. The minimum absolute atomic E-state index is 0.0197. The van der Waals surface area contributed by atoms with Crippen LogP contribution in [0.2, 0.25) is 0 Å². The number of amides is 2. The summed E-state index contributed by atoms with van der Waals surface area (Å²) in [5.41, 5.74) is -0.792. The Balaban J connectivity index is 2.19. The molecule has 1 atom stereocenters. The van der Waals surface area contributed by atoms with Crippen LogP contribution in [0.5, 0.6) is 0 Å². The van der Waals surface area contributed by atoms with Crippen molar-refractivity contribution in [3.05, 3.63) is 16.1 Å². The molecule has 1 unspecified atom stereocenters. The van der Waals surface area contributed by atoms with Gasteiger partial charge in [0.05, 0.1) is 6.54 Å². The lowest BCUT2D eigenvalue weighted by atomic mass is 9.97. The number of nitrogens with zero attached hydrogens (tertiary/aromatic N) is 2. The van der Waals surface area contributed by atoms with Gasteiger partial charge in [0.25, 0.3) is 0 Å². The van der Waals surface area contributed by atoms with Crippen LogP contribution in [0.3, 0.4) is 0 Å². The summed E-state index contributed by atoms with van der Waals surface area (Å²) in [5, 5.41) is 3.74. The van der Waals surface area contributed by atoms with Crippen LogP contribution < -0.4 is 5.32 Å². The Labute approximate surface area is 117 Å². The van der Waals surface area contributed by atoms with Gasteiger partial charge in [0.2, 0.25) is 11.8 Å². The number of rotatable bonds is 3. The maximum absolute atomic E-state index is 12.5. The van der Waals surface area contributed by atoms with Gasteiger partial charge in [0, 0.05) is 24.0 Å². The maximum Gasteiger partial charge on any atom is 0.248 e. The molecule has 1 aromatic rings. The summed E-state index contributed by atoms with van der Waals surface area (Å²) in [6.07, 6.45) is 2.75. The molecule has 1 saturated heterocycles. The molecule has 0 aromatic carbocycles. The molecule has 2 rings (SSSR count). The normalized spacial score (nSPS) is 24.3. The highest BCUT2D eigenvalue weighted by Crippen LogP contribution is 2.21. The van der Waals surface area contributed by atoms with Crippen molar-refractivity contribution in [2.24, 2.45) is 0 Å². The van der Waals surface area contributed by atoms with Crippen LogP contribution in [0, 0.1) is 6.92 Å². The summed E-state index contributed by atoms with van der Waals surface area (Å²) >= 11 is 1.59. The largest absolute Gasteiger partial charge is 0.342 e. The van der Waals surface area contributed by atoms with Crippen molar-refractivity contribution in [1.29, 1.82) is 0 Å². The fraction of sp³-hybridized carbons (Fsp3) is 0.615. The molecule has 1 aliphatic rings. The summed E-state index contributed by atoms with van der Waals surface area (Å²) < 4.78 is 0. The van der Waals surface area contributed by atoms with Crippen LogP contribution in [-0.4, -0.2) is 33.8 Å². The van der Waals surface area contributed by atoms with Gasteiger partial charge in [0.15, 0.2) is 0 Å². The van der Waals surface area contributed by atoms with Crippen LogP contribution in [0.25, 0.3) is 0 Å². The van der Waals surface area contributed by atoms with Crippen molar-refractivity contribution in [1.82, 2.24) is 15.2 Å². The zero-order valence-electron chi connectivity index (χ0n) is 11.5. The van der Waals surface area contributed by atoms with Crippen LogP contribution in [0.15, 0.2) is 6.20 Å². The minimum atomic E-state index is -0.792. The molecule has 1 aromatic heterocycles. The second-order valence-corrected chi connectivity index (χ2v) is 6.39. The highest BCUT2D eigenvalue weighted by atomic mass is 32.1. The van der Waals surface area contributed by atoms with E-state index >= 15 is 0 Å². The number of thiazole rings is 1. The first-order chi connectivity index (χ1) is 8.94. The third-order valence-electron chi connectivity index (χ3n) is 3.49. The summed E-state index contributed by atoms with van der Waals surface area (Å²) in [6, 6.07) is 0. The number of carbonyl (C=O) groups excluding carboxylic acids is 2. The van der Waals surface area contributed by atoms with E-state index in [1.165, 1.54) is 0 Å². The Hall–Kier alpha value is -1.43. The number of nitrogens with one attached hydrogen (secondary N) is 1. The van der Waals surface area contributed by atoms with Crippen molar-refractivity contribution in [3.63, 3.8) is 0 Å². The molecule has 0 radical (unpaired) electrons. The molecule has 0 bridgehead atoms. The molecule has 1 aliphatic heterocycles. The molecule has 0 spiro atoms. The molecule has 19 heavy (non-hydrogen) atoms. The SMILES string of the molecule is CCC1(C)NC(=O)CCN(Cc2ncc(C)s2)C1=O. The van der Waals surface area contributed by atoms with Gasteiger partial charge in [-0.2, -0.15) is 0 Å². The Morgan fingerprint density at radius 2 is 2.26 bits per heavy atom. The molecule has 0 aliphatic carbocycles. The molecule has 1 fully saturated rings. The summed E-state index contributed by atoms with van der Waals surface area (Å²) in [5.74, 6) is -0.0794. The summed E-state index contributed by atoms with van der Waals surface area (Å²) in [7, 11) is 0. The van der Waals surface area contributed by atoms with E-state index in [1.54, 1.807) is 23.2 Å². The number of carbonyl (C=O) groups is 2. The van der Waals surface area contributed by atoms with Crippen molar-refractivity contribution < 1.29 is 9.59 Å². The molecular weight excluding hydrogens is 262 g/mol. The standard InChI is InChI=1S/C13H19N3O2S/c1-4-13(3)12(18)16(6-5-10(17)15-13)8-11-14-7-9(2)19-11/h7H,4-6,8H2,1-3H3,(H,15,17). The highest BCUT2D eigenvalue weighted by Gasteiger charge is 2.39. The van der Waals surface area contributed by atoms with Crippen molar-refractivity contribution >= 4 is 23.2 Å². The average molecular weight is 281 g/mol. The summed E-state index contributed by atoms with van der Waals surface area (Å²) in [6.45, 7) is 6.64. The first-order valence-electron chi connectivity index (χ1n) is 6.46. The monoisotopic (exact) mass is 281 g/mol. The van der Waals surface area contributed by atoms with Crippen LogP contribution in [0.1, 0.15) is 36.6 Å². The number of hydrogen-bond acceptors (Lipinski definition) is 4. The van der Waals surface area contributed by atoms with E-state index in [2.05, 4.69) is 10.3 Å². The number of aryl methyl sites for hydroxylation is 1. The molecule has 6 heteroatoms. The Morgan fingerprint density at radius 1 is 1.53 bits per heavy atom. The predicted molar refractivity (Wildman–Crippen MR) is 73.7 cm³/mol. The average Bonchev–Trinajstić information content (AvgIpc) is 2.74. The molecule has 5 nitrogen and oxygen atoms in total. The predicted octanol–water partition coefficient (Wildman–Crippen LogP) is 1.47. The van der Waals surface area contributed by atoms with Gasteiger partial charge in [0.1, 0.15) is 10.5 Å². The van der Waals surface area contributed by atoms with Gasteiger partial charge in [-0.05, 0) is 20.3 Å².